The van der Waals surface area contributed by atoms with E-state index >= 15 is 0 Å². The Bertz CT molecular complexity index is 538. The molecule has 1 aliphatic rings. The standard InChI is InChI=1S/C14H15F3INO/c1-8(14(15,16)17)19-12(20)9-5-10(7-11(18)6-9)13(2)3-4-13/h5-8H,3-4H2,1-2H3,(H,19,20)/t8-/m1/s1. The van der Waals surface area contributed by atoms with Crippen LogP contribution in [0.1, 0.15) is 42.6 Å². The third-order valence-corrected chi connectivity index (χ3v) is 4.32. The van der Waals surface area contributed by atoms with Gasteiger partial charge in [0.1, 0.15) is 6.04 Å². The van der Waals surface area contributed by atoms with Crippen molar-refractivity contribution in [3.05, 3.63) is 32.9 Å². The third kappa shape index (κ3) is 3.45. The molecule has 1 aromatic rings. The first-order valence-electron chi connectivity index (χ1n) is 6.30. The van der Waals surface area contributed by atoms with Gasteiger partial charge in [0.15, 0.2) is 0 Å². The van der Waals surface area contributed by atoms with Gasteiger partial charge in [-0.25, -0.2) is 0 Å². The fourth-order valence-corrected chi connectivity index (χ4v) is 2.58. The number of carbonyl (C=O) groups is 1. The highest BCUT2D eigenvalue weighted by Gasteiger charge is 2.40. The molecule has 1 fully saturated rings. The van der Waals surface area contributed by atoms with Crippen LogP contribution in [0, 0.1) is 3.57 Å². The molecule has 0 heterocycles. The molecule has 1 amide bonds. The number of hydrogen-bond acceptors (Lipinski definition) is 1. The summed E-state index contributed by atoms with van der Waals surface area (Å²) < 4.78 is 38.3. The second-order valence-corrected chi connectivity index (χ2v) is 6.77. The van der Waals surface area contributed by atoms with Gasteiger partial charge >= 0.3 is 6.18 Å². The van der Waals surface area contributed by atoms with Crippen LogP contribution in [0.2, 0.25) is 0 Å². The normalized spacial score (nSPS) is 18.5. The minimum Gasteiger partial charge on any atom is -0.341 e. The van der Waals surface area contributed by atoms with E-state index in [0.29, 0.717) is 0 Å². The molecule has 6 heteroatoms. The van der Waals surface area contributed by atoms with Crippen LogP contribution in [0.3, 0.4) is 0 Å². The van der Waals surface area contributed by atoms with Crippen molar-refractivity contribution in [2.75, 3.05) is 0 Å². The van der Waals surface area contributed by atoms with Gasteiger partial charge in [-0.1, -0.05) is 6.92 Å². The maximum absolute atomic E-state index is 12.5. The lowest BCUT2D eigenvalue weighted by Crippen LogP contribution is -2.43. The van der Waals surface area contributed by atoms with E-state index in [4.69, 9.17) is 0 Å². The van der Waals surface area contributed by atoms with Gasteiger partial charge in [0.2, 0.25) is 0 Å². The summed E-state index contributed by atoms with van der Waals surface area (Å²) in [7, 11) is 0. The molecule has 1 aromatic carbocycles. The van der Waals surface area contributed by atoms with Gasteiger partial charge in [0, 0.05) is 9.13 Å². The summed E-state index contributed by atoms with van der Waals surface area (Å²) >= 11 is 2.08. The summed E-state index contributed by atoms with van der Waals surface area (Å²) in [5.41, 5.74) is 1.39. The molecule has 0 aliphatic heterocycles. The van der Waals surface area contributed by atoms with Crippen molar-refractivity contribution in [2.45, 2.75) is 44.3 Å². The van der Waals surface area contributed by atoms with Crippen molar-refractivity contribution in [2.24, 2.45) is 0 Å². The molecule has 1 N–H and O–H groups in total. The largest absolute Gasteiger partial charge is 0.408 e. The Morgan fingerprint density at radius 1 is 1.35 bits per heavy atom. The van der Waals surface area contributed by atoms with E-state index in [0.717, 1.165) is 28.9 Å². The maximum Gasteiger partial charge on any atom is 0.408 e. The fraction of sp³-hybridized carbons (Fsp3) is 0.500. The highest BCUT2D eigenvalue weighted by molar-refractivity contribution is 14.1. The summed E-state index contributed by atoms with van der Waals surface area (Å²) in [6.07, 6.45) is -2.33. The van der Waals surface area contributed by atoms with Crippen LogP contribution in [0.4, 0.5) is 13.2 Å². The van der Waals surface area contributed by atoms with Gasteiger partial charge in [0.25, 0.3) is 5.91 Å². The first kappa shape index (κ1) is 15.6. The summed E-state index contributed by atoms with van der Waals surface area (Å²) in [4.78, 5) is 11.9. The Morgan fingerprint density at radius 2 is 1.95 bits per heavy atom. The van der Waals surface area contributed by atoms with Crippen molar-refractivity contribution in [1.82, 2.24) is 5.32 Å². The van der Waals surface area contributed by atoms with Crippen molar-refractivity contribution in [1.29, 1.82) is 0 Å². The third-order valence-electron chi connectivity index (χ3n) is 3.70. The van der Waals surface area contributed by atoms with Crippen LogP contribution in [0.25, 0.3) is 0 Å². The van der Waals surface area contributed by atoms with E-state index in [1.165, 1.54) is 0 Å². The molecule has 0 spiro atoms. The number of alkyl halides is 3. The molecule has 0 radical (unpaired) electrons. The van der Waals surface area contributed by atoms with Crippen molar-refractivity contribution in [3.63, 3.8) is 0 Å². The van der Waals surface area contributed by atoms with E-state index in [2.05, 4.69) is 29.5 Å². The SMILES string of the molecule is C[C@@H](NC(=O)c1cc(I)cc(C2(C)CC2)c1)C(F)(F)F. The molecule has 1 atom stereocenters. The van der Waals surface area contributed by atoms with Crippen LogP contribution in [-0.4, -0.2) is 18.1 Å². The molecule has 0 unspecified atom stereocenters. The summed E-state index contributed by atoms with van der Waals surface area (Å²) in [6.45, 7) is 3.04. The molecule has 1 aliphatic carbocycles. The second kappa shape index (κ2) is 5.20. The minimum absolute atomic E-state index is 0.0753. The topological polar surface area (TPSA) is 29.1 Å². The van der Waals surface area contributed by atoms with E-state index in [1.807, 2.05) is 11.4 Å². The van der Waals surface area contributed by atoms with Gasteiger partial charge in [0.05, 0.1) is 0 Å². The molecule has 1 saturated carbocycles. The molecule has 0 saturated heterocycles. The second-order valence-electron chi connectivity index (χ2n) is 5.53. The average Bonchev–Trinajstić information content (AvgIpc) is 3.06. The van der Waals surface area contributed by atoms with Gasteiger partial charge in [-0.3, -0.25) is 4.79 Å². The number of nitrogens with one attached hydrogen (secondary N) is 1. The van der Waals surface area contributed by atoms with E-state index < -0.39 is 18.1 Å². The van der Waals surface area contributed by atoms with Crippen LogP contribution in [0.5, 0.6) is 0 Å². The first-order chi connectivity index (χ1) is 9.12. The van der Waals surface area contributed by atoms with Crippen LogP contribution in [-0.2, 0) is 5.41 Å². The zero-order chi connectivity index (χ0) is 15.1. The lowest BCUT2D eigenvalue weighted by atomic mass is 9.96. The quantitative estimate of drug-likeness (QED) is 0.768. The van der Waals surface area contributed by atoms with E-state index in [1.54, 1.807) is 12.1 Å². The molecule has 0 aromatic heterocycles. The van der Waals surface area contributed by atoms with Gasteiger partial charge in [-0.05, 0) is 71.5 Å². The molecule has 0 bridgehead atoms. The Morgan fingerprint density at radius 3 is 2.45 bits per heavy atom. The minimum atomic E-state index is -4.43. The smallest absolute Gasteiger partial charge is 0.341 e. The Hall–Kier alpha value is -0.790. The highest BCUT2D eigenvalue weighted by Crippen LogP contribution is 2.48. The summed E-state index contributed by atoms with van der Waals surface area (Å²) in [5.74, 6) is -0.682. The predicted octanol–water partition coefficient (Wildman–Crippen LogP) is 4.02. The summed E-state index contributed by atoms with van der Waals surface area (Å²) in [6, 6.07) is 3.44. The Labute approximate surface area is 129 Å². The lowest BCUT2D eigenvalue weighted by Gasteiger charge is -2.18. The zero-order valence-electron chi connectivity index (χ0n) is 11.1. The predicted molar refractivity (Wildman–Crippen MR) is 78.7 cm³/mol. The Balaban J connectivity index is 2.20. The van der Waals surface area contributed by atoms with E-state index in [-0.39, 0.29) is 11.0 Å². The molecule has 2 nitrogen and oxygen atoms in total. The van der Waals surface area contributed by atoms with Crippen molar-refractivity contribution >= 4 is 28.5 Å². The Kier molecular flexibility index (Phi) is 4.05. The number of amides is 1. The van der Waals surface area contributed by atoms with Crippen LogP contribution in [0.15, 0.2) is 18.2 Å². The van der Waals surface area contributed by atoms with Crippen molar-refractivity contribution < 1.29 is 18.0 Å². The molecular formula is C14H15F3INO. The number of hydrogen-bond donors (Lipinski definition) is 1. The highest BCUT2D eigenvalue weighted by atomic mass is 127. The molecule has 20 heavy (non-hydrogen) atoms. The fourth-order valence-electron chi connectivity index (χ4n) is 1.91. The van der Waals surface area contributed by atoms with Gasteiger partial charge < -0.3 is 5.32 Å². The summed E-state index contributed by atoms with van der Waals surface area (Å²) in [5, 5.41) is 2.00. The van der Waals surface area contributed by atoms with Crippen molar-refractivity contribution in [3.8, 4) is 0 Å². The van der Waals surface area contributed by atoms with Gasteiger partial charge in [-0.2, -0.15) is 13.2 Å². The first-order valence-corrected chi connectivity index (χ1v) is 7.38. The van der Waals surface area contributed by atoms with Crippen LogP contribution >= 0.6 is 22.6 Å². The maximum atomic E-state index is 12.5. The van der Waals surface area contributed by atoms with Crippen LogP contribution < -0.4 is 5.32 Å². The number of rotatable bonds is 3. The average molecular weight is 397 g/mol. The molecule has 110 valence electrons. The lowest BCUT2D eigenvalue weighted by molar-refractivity contribution is -0.149. The zero-order valence-corrected chi connectivity index (χ0v) is 13.3. The monoisotopic (exact) mass is 397 g/mol. The molecular weight excluding hydrogens is 382 g/mol. The van der Waals surface area contributed by atoms with Gasteiger partial charge in [-0.15, -0.1) is 0 Å². The number of carbonyl (C=O) groups excluding carboxylic acids is 1. The number of benzene rings is 1. The van der Waals surface area contributed by atoms with E-state index in [9.17, 15) is 18.0 Å². The number of halogens is 4. The molecule has 2 rings (SSSR count).